The lowest BCUT2D eigenvalue weighted by atomic mass is 9.95. The van der Waals surface area contributed by atoms with Crippen molar-refractivity contribution in [3.8, 4) is 22.9 Å². The molecule has 0 unspecified atom stereocenters. The number of ether oxygens (including phenoxy) is 1. The normalized spacial score (nSPS) is 12.4. The maximum Gasteiger partial charge on any atom is 0.188 e. The minimum atomic E-state index is -0.0587. The van der Waals surface area contributed by atoms with Crippen molar-refractivity contribution in [1.29, 1.82) is 0 Å². The third-order valence-corrected chi connectivity index (χ3v) is 5.22. The van der Waals surface area contributed by atoms with Crippen LogP contribution in [0.15, 0.2) is 41.6 Å². The van der Waals surface area contributed by atoms with Crippen LogP contribution in [0.5, 0.6) is 11.5 Å². The summed E-state index contributed by atoms with van der Waals surface area (Å²) >= 11 is 4.50. The fourth-order valence-corrected chi connectivity index (χ4v) is 3.68. The number of hydrogen-bond donors (Lipinski definition) is 2. The second kappa shape index (κ2) is 7.64. The number of rotatable bonds is 5. The number of benzene rings is 2. The van der Waals surface area contributed by atoms with Gasteiger partial charge in [-0.1, -0.05) is 26.0 Å². The van der Waals surface area contributed by atoms with Gasteiger partial charge in [0.2, 0.25) is 0 Å². The number of thiol groups is 1. The molecular weight excluding hydrogens is 358 g/mol. The first-order valence-electron chi connectivity index (χ1n) is 8.95. The van der Waals surface area contributed by atoms with Crippen molar-refractivity contribution in [3.63, 3.8) is 0 Å². The van der Waals surface area contributed by atoms with Crippen molar-refractivity contribution in [1.82, 2.24) is 14.8 Å². The van der Waals surface area contributed by atoms with E-state index >= 15 is 0 Å². The molecule has 2 aromatic carbocycles. The fraction of sp³-hybridized carbons (Fsp3) is 0.333. The van der Waals surface area contributed by atoms with Crippen molar-refractivity contribution in [3.05, 3.63) is 53.1 Å². The highest BCUT2D eigenvalue weighted by molar-refractivity contribution is 7.80. The Morgan fingerprint density at radius 1 is 1.07 bits per heavy atom. The molecule has 6 heteroatoms. The van der Waals surface area contributed by atoms with Gasteiger partial charge in [0.25, 0.3) is 0 Å². The van der Waals surface area contributed by atoms with Gasteiger partial charge in [0.05, 0.1) is 18.7 Å². The van der Waals surface area contributed by atoms with Gasteiger partial charge in [-0.3, -0.25) is 4.57 Å². The van der Waals surface area contributed by atoms with Crippen molar-refractivity contribution in [2.45, 2.75) is 44.8 Å². The summed E-state index contributed by atoms with van der Waals surface area (Å²) in [6.07, 6.45) is 0. The lowest BCUT2D eigenvalue weighted by Gasteiger charge is -2.19. The number of hydrogen-bond acceptors (Lipinski definition) is 5. The van der Waals surface area contributed by atoms with E-state index in [0.717, 1.165) is 16.9 Å². The van der Waals surface area contributed by atoms with Crippen molar-refractivity contribution < 1.29 is 9.84 Å². The van der Waals surface area contributed by atoms with E-state index in [2.05, 4.69) is 43.6 Å². The zero-order valence-corrected chi connectivity index (χ0v) is 17.2. The second-order valence-corrected chi connectivity index (χ2v) is 7.42. The predicted molar refractivity (Wildman–Crippen MR) is 110 cm³/mol. The molecular formula is C21H25N3O2S. The zero-order chi connectivity index (χ0) is 19.7. The number of aryl methyl sites for hydroxylation is 1. The zero-order valence-electron chi connectivity index (χ0n) is 16.3. The van der Waals surface area contributed by atoms with Gasteiger partial charge >= 0.3 is 0 Å². The van der Waals surface area contributed by atoms with Crippen LogP contribution in [0.2, 0.25) is 0 Å². The standard InChI is InChI=1S/C21H25N3O2S/c1-12(2)17-11-18(19(25)10-13(17)3)20-22-23-21(27)24(20)14(4)15-6-8-16(26-5)9-7-15/h6-12,14,25H,1-5H3,(H,23,27)/t14-/m1/s1. The Balaban J connectivity index is 2.11. The second-order valence-electron chi connectivity index (χ2n) is 7.02. The van der Waals surface area contributed by atoms with E-state index in [0.29, 0.717) is 22.5 Å². The molecule has 1 aromatic heterocycles. The molecule has 0 aliphatic heterocycles. The van der Waals surface area contributed by atoms with E-state index in [4.69, 9.17) is 4.74 Å². The van der Waals surface area contributed by atoms with Crippen molar-refractivity contribution in [2.24, 2.45) is 0 Å². The smallest absolute Gasteiger partial charge is 0.188 e. The summed E-state index contributed by atoms with van der Waals surface area (Å²) in [5.41, 5.74) is 3.97. The van der Waals surface area contributed by atoms with Crippen LogP contribution in [0.4, 0.5) is 0 Å². The summed E-state index contributed by atoms with van der Waals surface area (Å²) in [6, 6.07) is 11.6. The summed E-state index contributed by atoms with van der Waals surface area (Å²) in [5, 5.41) is 19.5. The molecule has 0 saturated heterocycles. The van der Waals surface area contributed by atoms with Crippen LogP contribution in [0.25, 0.3) is 11.4 Å². The molecule has 142 valence electrons. The van der Waals surface area contributed by atoms with Gasteiger partial charge in [-0.15, -0.1) is 22.8 Å². The number of phenols is 1. The quantitative estimate of drug-likeness (QED) is 0.610. The van der Waals surface area contributed by atoms with Crippen molar-refractivity contribution in [2.75, 3.05) is 7.11 Å². The van der Waals surface area contributed by atoms with Crippen LogP contribution >= 0.6 is 12.6 Å². The molecule has 1 N–H and O–H groups in total. The SMILES string of the molecule is COc1ccc([C@@H](C)n2c(S)nnc2-c2cc(C(C)C)c(C)cc2O)cc1. The molecule has 0 spiro atoms. The lowest BCUT2D eigenvalue weighted by Crippen LogP contribution is -2.10. The van der Waals surface area contributed by atoms with E-state index in [1.54, 1.807) is 13.2 Å². The molecule has 0 amide bonds. The Morgan fingerprint density at radius 2 is 1.74 bits per heavy atom. The van der Waals surface area contributed by atoms with Gasteiger partial charge < -0.3 is 9.84 Å². The molecule has 0 radical (unpaired) electrons. The summed E-state index contributed by atoms with van der Waals surface area (Å²) < 4.78 is 7.17. The highest BCUT2D eigenvalue weighted by Gasteiger charge is 2.22. The average molecular weight is 384 g/mol. The molecule has 0 aliphatic carbocycles. The maximum atomic E-state index is 10.6. The van der Waals surface area contributed by atoms with Crippen LogP contribution in [0.3, 0.4) is 0 Å². The van der Waals surface area contributed by atoms with E-state index in [-0.39, 0.29) is 11.8 Å². The van der Waals surface area contributed by atoms with Gasteiger partial charge in [-0.2, -0.15) is 0 Å². The van der Waals surface area contributed by atoms with E-state index in [9.17, 15) is 5.11 Å². The largest absolute Gasteiger partial charge is 0.507 e. The molecule has 5 nitrogen and oxygen atoms in total. The first-order chi connectivity index (χ1) is 12.8. The van der Waals surface area contributed by atoms with Gasteiger partial charge in [0, 0.05) is 0 Å². The van der Waals surface area contributed by atoms with E-state index in [1.807, 2.05) is 41.8 Å². The van der Waals surface area contributed by atoms with Gasteiger partial charge in [-0.05, 0) is 60.7 Å². The first kappa shape index (κ1) is 19.3. The van der Waals surface area contributed by atoms with Crippen molar-refractivity contribution >= 4 is 12.6 Å². The van der Waals surface area contributed by atoms with Crippen LogP contribution in [0.1, 0.15) is 49.4 Å². The fourth-order valence-electron chi connectivity index (χ4n) is 3.37. The van der Waals surface area contributed by atoms with Gasteiger partial charge in [-0.25, -0.2) is 0 Å². The molecule has 3 aromatic rings. The molecule has 0 fully saturated rings. The number of aromatic hydroxyl groups is 1. The minimum absolute atomic E-state index is 0.0587. The number of methoxy groups -OCH3 is 1. The van der Waals surface area contributed by atoms with Gasteiger partial charge in [0.1, 0.15) is 11.5 Å². The van der Waals surface area contributed by atoms with Gasteiger partial charge in [0.15, 0.2) is 11.0 Å². The minimum Gasteiger partial charge on any atom is -0.507 e. The summed E-state index contributed by atoms with van der Waals surface area (Å²) in [4.78, 5) is 0. The third kappa shape index (κ3) is 3.67. The maximum absolute atomic E-state index is 10.6. The molecule has 1 atom stereocenters. The Kier molecular flexibility index (Phi) is 5.46. The molecule has 0 bridgehead atoms. The number of phenolic OH excluding ortho intramolecular Hbond substituents is 1. The topological polar surface area (TPSA) is 60.2 Å². The Labute approximate surface area is 165 Å². The van der Waals surface area contributed by atoms with Crippen LogP contribution in [0, 0.1) is 6.92 Å². The molecule has 0 saturated carbocycles. The molecule has 27 heavy (non-hydrogen) atoms. The average Bonchev–Trinajstić information content (AvgIpc) is 3.02. The number of nitrogens with zero attached hydrogens (tertiary/aromatic N) is 3. The third-order valence-electron chi connectivity index (χ3n) is 4.91. The molecule has 0 aliphatic rings. The molecule has 3 rings (SSSR count). The monoisotopic (exact) mass is 383 g/mol. The summed E-state index contributed by atoms with van der Waals surface area (Å²) in [6.45, 7) is 8.34. The summed E-state index contributed by atoms with van der Waals surface area (Å²) in [5.74, 6) is 1.94. The highest BCUT2D eigenvalue weighted by Crippen LogP contribution is 2.36. The first-order valence-corrected chi connectivity index (χ1v) is 9.39. The Morgan fingerprint density at radius 3 is 2.33 bits per heavy atom. The highest BCUT2D eigenvalue weighted by atomic mass is 32.1. The lowest BCUT2D eigenvalue weighted by molar-refractivity contribution is 0.414. The van der Waals surface area contributed by atoms with Crippen LogP contribution < -0.4 is 4.74 Å². The van der Waals surface area contributed by atoms with E-state index < -0.39 is 0 Å². The Hall–Kier alpha value is -2.47. The van der Waals surface area contributed by atoms with E-state index in [1.165, 1.54) is 5.56 Å². The van der Waals surface area contributed by atoms with Crippen LogP contribution in [-0.2, 0) is 0 Å². The van der Waals surface area contributed by atoms with Crippen LogP contribution in [-0.4, -0.2) is 27.0 Å². The number of aromatic nitrogens is 3. The Bertz CT molecular complexity index is 949. The molecule has 1 heterocycles. The summed E-state index contributed by atoms with van der Waals surface area (Å²) in [7, 11) is 1.65. The predicted octanol–water partition coefficient (Wildman–Crippen LogP) is 4.99.